The normalized spacial score (nSPS) is 11.0. The Labute approximate surface area is 176 Å². The Hall–Kier alpha value is -3.23. The molecule has 1 N–H and O–H groups in total. The van der Waals surface area contributed by atoms with Gasteiger partial charge in [-0.05, 0) is 42.5 Å². The van der Waals surface area contributed by atoms with Crippen LogP contribution in [-0.2, 0) is 16.6 Å². The second kappa shape index (κ2) is 9.51. The third-order valence-corrected chi connectivity index (χ3v) is 5.77. The molecule has 0 bridgehead atoms. The average molecular weight is 429 g/mol. The molecule has 0 aliphatic heterocycles. The maximum Gasteiger partial charge on any atom is 0.240 e. The molecule has 0 aliphatic carbocycles. The molecule has 0 heterocycles. The van der Waals surface area contributed by atoms with Gasteiger partial charge in [0.2, 0.25) is 15.8 Å². The monoisotopic (exact) mass is 429 g/mol. The van der Waals surface area contributed by atoms with Gasteiger partial charge in [-0.1, -0.05) is 24.3 Å². The van der Waals surface area contributed by atoms with E-state index < -0.39 is 10.0 Å². The van der Waals surface area contributed by atoms with Crippen LogP contribution in [0, 0.1) is 0 Å². The second-order valence-electron chi connectivity index (χ2n) is 6.20. The summed E-state index contributed by atoms with van der Waals surface area (Å²) < 4.78 is 49.7. The van der Waals surface area contributed by atoms with Crippen LogP contribution in [-0.4, -0.2) is 29.7 Å². The second-order valence-corrected chi connectivity index (χ2v) is 7.97. The number of ether oxygens (including phenoxy) is 4. The van der Waals surface area contributed by atoms with Crippen molar-refractivity contribution in [2.45, 2.75) is 11.4 Å². The molecule has 8 heteroatoms. The molecule has 0 atom stereocenters. The Bertz CT molecular complexity index is 1080. The highest BCUT2D eigenvalue weighted by Crippen LogP contribution is 2.39. The van der Waals surface area contributed by atoms with E-state index in [0.717, 1.165) is 0 Å². The molecule has 0 spiro atoms. The smallest absolute Gasteiger partial charge is 0.240 e. The van der Waals surface area contributed by atoms with Crippen LogP contribution < -0.4 is 23.7 Å². The predicted octanol–water partition coefficient (Wildman–Crippen LogP) is 3.98. The number of para-hydroxylation sites is 1. The lowest BCUT2D eigenvalue weighted by atomic mass is 10.1. The van der Waals surface area contributed by atoms with E-state index in [9.17, 15) is 8.42 Å². The van der Waals surface area contributed by atoms with Gasteiger partial charge in [-0.15, -0.1) is 0 Å². The van der Waals surface area contributed by atoms with Gasteiger partial charge >= 0.3 is 0 Å². The number of methoxy groups -OCH3 is 3. The van der Waals surface area contributed by atoms with Crippen molar-refractivity contribution in [1.29, 1.82) is 0 Å². The maximum atomic E-state index is 12.7. The molecule has 0 aromatic heterocycles. The van der Waals surface area contributed by atoms with Crippen molar-refractivity contribution in [3.05, 3.63) is 72.3 Å². The summed E-state index contributed by atoms with van der Waals surface area (Å²) >= 11 is 0. The number of nitrogens with one attached hydrogen (secondary N) is 1. The van der Waals surface area contributed by atoms with Gasteiger partial charge < -0.3 is 18.9 Å². The van der Waals surface area contributed by atoms with E-state index in [-0.39, 0.29) is 11.4 Å². The van der Waals surface area contributed by atoms with Crippen molar-refractivity contribution < 1.29 is 27.4 Å². The standard InChI is InChI=1S/C22H23NO6S/c1-26-20-14-9-16(21(27-2)22(20)28-3)15-23-30(24,25)19-12-10-18(11-13-19)29-17-7-5-4-6-8-17/h4-14,23H,15H2,1-3H3. The number of hydrogen-bond donors (Lipinski definition) is 1. The summed E-state index contributed by atoms with van der Waals surface area (Å²) in [6, 6.07) is 18.9. The van der Waals surface area contributed by atoms with Crippen LogP contribution in [0.5, 0.6) is 28.7 Å². The molecule has 0 radical (unpaired) electrons. The molecule has 30 heavy (non-hydrogen) atoms. The summed E-state index contributed by atoms with van der Waals surface area (Å²) in [6.45, 7) is 0.0220. The molecule has 0 amide bonds. The molecule has 3 aromatic carbocycles. The zero-order valence-electron chi connectivity index (χ0n) is 16.9. The van der Waals surface area contributed by atoms with Gasteiger partial charge in [0, 0.05) is 12.1 Å². The maximum absolute atomic E-state index is 12.7. The number of benzene rings is 3. The Morgan fingerprint density at radius 3 is 1.97 bits per heavy atom. The lowest BCUT2D eigenvalue weighted by molar-refractivity contribution is 0.322. The Balaban J connectivity index is 1.74. The first-order chi connectivity index (χ1) is 14.5. The molecule has 0 unspecified atom stereocenters. The molecule has 0 fully saturated rings. The van der Waals surface area contributed by atoms with Gasteiger partial charge in [-0.2, -0.15) is 0 Å². The number of sulfonamides is 1. The summed E-state index contributed by atoms with van der Waals surface area (Å²) in [5.74, 6) is 2.52. The van der Waals surface area contributed by atoms with Crippen LogP contribution in [0.1, 0.15) is 5.56 Å². The number of rotatable bonds is 9. The van der Waals surface area contributed by atoms with E-state index in [1.165, 1.54) is 33.5 Å². The zero-order chi connectivity index (χ0) is 21.6. The quantitative estimate of drug-likeness (QED) is 0.554. The van der Waals surface area contributed by atoms with E-state index in [1.54, 1.807) is 24.3 Å². The molecular weight excluding hydrogens is 406 g/mol. The molecule has 0 aliphatic rings. The van der Waals surface area contributed by atoms with Crippen LogP contribution in [0.4, 0.5) is 0 Å². The minimum atomic E-state index is -3.74. The minimum absolute atomic E-state index is 0.0220. The van der Waals surface area contributed by atoms with Crippen molar-refractivity contribution in [3.8, 4) is 28.7 Å². The van der Waals surface area contributed by atoms with Gasteiger partial charge in [-0.3, -0.25) is 0 Å². The van der Waals surface area contributed by atoms with Crippen LogP contribution in [0.25, 0.3) is 0 Å². The SMILES string of the molecule is COc1ccc(CNS(=O)(=O)c2ccc(Oc3ccccc3)cc2)c(OC)c1OC. The Morgan fingerprint density at radius 1 is 0.733 bits per heavy atom. The summed E-state index contributed by atoms with van der Waals surface area (Å²) in [5, 5.41) is 0. The van der Waals surface area contributed by atoms with E-state index >= 15 is 0 Å². The lowest BCUT2D eigenvalue weighted by Crippen LogP contribution is -2.23. The molecule has 3 aromatic rings. The third kappa shape index (κ3) is 4.84. The minimum Gasteiger partial charge on any atom is -0.493 e. The van der Waals surface area contributed by atoms with Gasteiger partial charge in [0.15, 0.2) is 11.5 Å². The Morgan fingerprint density at radius 2 is 1.37 bits per heavy atom. The summed E-state index contributed by atoms with van der Waals surface area (Å²) in [7, 11) is 0.757. The van der Waals surface area contributed by atoms with E-state index in [4.69, 9.17) is 18.9 Å². The fourth-order valence-electron chi connectivity index (χ4n) is 2.87. The molecule has 7 nitrogen and oxygen atoms in total. The molecular formula is C22H23NO6S. The first-order valence-corrected chi connectivity index (χ1v) is 10.6. The van der Waals surface area contributed by atoms with E-state index in [1.807, 2.05) is 30.3 Å². The molecule has 0 saturated heterocycles. The highest BCUT2D eigenvalue weighted by molar-refractivity contribution is 7.89. The average Bonchev–Trinajstić information content (AvgIpc) is 2.78. The number of hydrogen-bond acceptors (Lipinski definition) is 6. The van der Waals surface area contributed by atoms with Crippen molar-refractivity contribution in [3.63, 3.8) is 0 Å². The highest BCUT2D eigenvalue weighted by Gasteiger charge is 2.19. The van der Waals surface area contributed by atoms with E-state index in [2.05, 4.69) is 4.72 Å². The van der Waals surface area contributed by atoms with Crippen molar-refractivity contribution >= 4 is 10.0 Å². The molecule has 3 rings (SSSR count). The van der Waals surface area contributed by atoms with Crippen molar-refractivity contribution in [1.82, 2.24) is 4.72 Å². The third-order valence-electron chi connectivity index (χ3n) is 4.35. The van der Waals surface area contributed by atoms with Crippen LogP contribution in [0.3, 0.4) is 0 Å². The van der Waals surface area contributed by atoms with Crippen LogP contribution >= 0.6 is 0 Å². The van der Waals surface area contributed by atoms with Crippen molar-refractivity contribution in [2.24, 2.45) is 0 Å². The fraction of sp³-hybridized carbons (Fsp3) is 0.182. The van der Waals surface area contributed by atoms with E-state index in [0.29, 0.717) is 34.3 Å². The molecule has 158 valence electrons. The largest absolute Gasteiger partial charge is 0.493 e. The van der Waals surface area contributed by atoms with Gasteiger partial charge in [0.25, 0.3) is 0 Å². The van der Waals surface area contributed by atoms with Crippen LogP contribution in [0.2, 0.25) is 0 Å². The summed E-state index contributed by atoms with van der Waals surface area (Å²) in [6.07, 6.45) is 0. The first kappa shape index (κ1) is 21.5. The predicted molar refractivity (Wildman–Crippen MR) is 113 cm³/mol. The van der Waals surface area contributed by atoms with Gasteiger partial charge in [-0.25, -0.2) is 13.1 Å². The van der Waals surface area contributed by atoms with Gasteiger partial charge in [0.05, 0.1) is 26.2 Å². The molecule has 0 saturated carbocycles. The first-order valence-electron chi connectivity index (χ1n) is 9.09. The topological polar surface area (TPSA) is 83.1 Å². The summed E-state index contributed by atoms with van der Waals surface area (Å²) in [5.41, 5.74) is 0.614. The zero-order valence-corrected chi connectivity index (χ0v) is 17.7. The lowest BCUT2D eigenvalue weighted by Gasteiger charge is -2.16. The fourth-order valence-corrected chi connectivity index (χ4v) is 3.88. The summed E-state index contributed by atoms with van der Waals surface area (Å²) in [4.78, 5) is 0.127. The van der Waals surface area contributed by atoms with Crippen LogP contribution in [0.15, 0.2) is 71.6 Å². The van der Waals surface area contributed by atoms with Crippen molar-refractivity contribution in [2.75, 3.05) is 21.3 Å². The Kier molecular flexibility index (Phi) is 6.81. The van der Waals surface area contributed by atoms with Gasteiger partial charge in [0.1, 0.15) is 11.5 Å². The highest BCUT2D eigenvalue weighted by atomic mass is 32.2.